The fraction of sp³-hybridized carbons (Fsp3) is 0.368. The van der Waals surface area contributed by atoms with Crippen LogP contribution in [0.4, 0.5) is 0 Å². The molecule has 0 saturated carbocycles. The Balaban J connectivity index is 2.59. The highest BCUT2D eigenvalue weighted by Gasteiger charge is 2.40. The zero-order valence-electron chi connectivity index (χ0n) is 43.4. The van der Waals surface area contributed by atoms with E-state index in [9.17, 15) is 28.8 Å². The molecule has 398 valence electrons. The molecular formula is C57H69O16P. The SMILES string of the molecule is C=CC(=O)OCCc1ccc(C(C)C)c(OP(=O)(Oc2c(C(C)C)ccc(CCOC(=O)C=C)c2CCOC(=O)C=C)Oc2c(C(C)C)ccc(CCOC(=O)C=C)c2CCOC(=O)C=C)c1CCOC(=O)C=C. The minimum atomic E-state index is -5.20. The number of phosphoric ester groups is 1. The van der Waals surface area contributed by atoms with Crippen molar-refractivity contribution in [3.8, 4) is 17.2 Å². The van der Waals surface area contributed by atoms with Crippen LogP contribution in [0, 0.1) is 0 Å². The number of carbonyl (C=O) groups excluding carboxylic acids is 6. The largest absolute Gasteiger partial charge is 0.647 e. The van der Waals surface area contributed by atoms with Crippen molar-refractivity contribution < 1.29 is 75.3 Å². The highest BCUT2D eigenvalue weighted by atomic mass is 31.2. The highest BCUT2D eigenvalue weighted by molar-refractivity contribution is 7.49. The van der Waals surface area contributed by atoms with Crippen molar-refractivity contribution >= 4 is 43.6 Å². The third-order valence-electron chi connectivity index (χ3n) is 11.3. The van der Waals surface area contributed by atoms with Crippen LogP contribution < -0.4 is 13.6 Å². The monoisotopic (exact) mass is 1040 g/mol. The number of benzene rings is 3. The molecule has 0 unspecified atom stereocenters. The average molecular weight is 1040 g/mol. The third-order valence-corrected chi connectivity index (χ3v) is 12.5. The molecule has 0 saturated heterocycles. The molecular weight excluding hydrogens is 972 g/mol. The first-order valence-corrected chi connectivity index (χ1v) is 25.6. The fourth-order valence-electron chi connectivity index (χ4n) is 7.56. The smallest absolute Gasteiger partial charge is 0.462 e. The molecule has 0 aliphatic carbocycles. The first-order chi connectivity index (χ1) is 35.3. The zero-order valence-corrected chi connectivity index (χ0v) is 44.3. The molecule has 0 amide bonds. The van der Waals surface area contributed by atoms with E-state index in [2.05, 4.69) is 39.5 Å². The average Bonchev–Trinajstić information content (AvgIpc) is 3.37. The van der Waals surface area contributed by atoms with Crippen LogP contribution in [-0.2, 0) is 100 Å². The van der Waals surface area contributed by atoms with Gasteiger partial charge >= 0.3 is 43.6 Å². The second kappa shape index (κ2) is 30.6. The first-order valence-electron chi connectivity index (χ1n) is 24.1. The van der Waals surface area contributed by atoms with Crippen molar-refractivity contribution in [1.29, 1.82) is 0 Å². The number of carbonyl (C=O) groups is 6. The summed E-state index contributed by atoms with van der Waals surface area (Å²) >= 11 is 0. The van der Waals surface area contributed by atoms with E-state index < -0.39 is 43.6 Å². The van der Waals surface area contributed by atoms with E-state index in [-0.39, 0.29) is 113 Å². The number of ether oxygens (including phenoxy) is 6. The molecule has 0 bridgehead atoms. The molecule has 0 heterocycles. The molecule has 0 aliphatic rings. The van der Waals surface area contributed by atoms with E-state index in [1.165, 1.54) is 0 Å². The molecule has 3 aromatic carbocycles. The number of hydrogen-bond donors (Lipinski definition) is 0. The summed E-state index contributed by atoms with van der Waals surface area (Å²) in [6.07, 6.45) is 6.60. The molecule has 3 rings (SSSR count). The lowest BCUT2D eigenvalue weighted by Gasteiger charge is -2.29. The number of phosphoric acid groups is 1. The van der Waals surface area contributed by atoms with E-state index >= 15 is 4.57 Å². The van der Waals surface area contributed by atoms with Crippen molar-refractivity contribution in [3.63, 3.8) is 0 Å². The van der Waals surface area contributed by atoms with Gasteiger partial charge in [-0.15, -0.1) is 0 Å². The Bertz CT molecular complexity index is 2320. The Labute approximate surface area is 434 Å². The maximum Gasteiger partial charge on any atom is 0.647 e. The topological polar surface area (TPSA) is 203 Å². The Morgan fingerprint density at radius 3 is 0.770 bits per heavy atom. The van der Waals surface area contributed by atoms with Crippen LogP contribution in [0.2, 0.25) is 0 Å². The van der Waals surface area contributed by atoms with Gasteiger partial charge in [-0.3, -0.25) is 0 Å². The lowest BCUT2D eigenvalue weighted by atomic mass is 9.93. The maximum atomic E-state index is 16.7. The van der Waals surface area contributed by atoms with Crippen LogP contribution in [0.15, 0.2) is 112 Å². The molecule has 0 aliphatic heterocycles. The second-order valence-electron chi connectivity index (χ2n) is 17.3. The van der Waals surface area contributed by atoms with Crippen molar-refractivity contribution in [2.75, 3.05) is 39.6 Å². The van der Waals surface area contributed by atoms with Gasteiger partial charge in [0, 0.05) is 91.7 Å². The molecule has 17 heteroatoms. The number of rotatable bonds is 33. The van der Waals surface area contributed by atoms with Gasteiger partial charge in [0.05, 0.1) is 39.6 Å². The molecule has 0 N–H and O–H groups in total. The number of esters is 6. The van der Waals surface area contributed by atoms with Gasteiger partial charge in [-0.1, -0.05) is 117 Å². The lowest BCUT2D eigenvalue weighted by Crippen LogP contribution is -2.18. The first kappa shape index (κ1) is 60.9. The van der Waals surface area contributed by atoms with Gasteiger partial charge in [0.25, 0.3) is 0 Å². The zero-order chi connectivity index (χ0) is 55.0. The van der Waals surface area contributed by atoms with E-state index in [0.717, 1.165) is 36.5 Å². The molecule has 16 nitrogen and oxygen atoms in total. The summed E-state index contributed by atoms with van der Waals surface area (Å²) in [7, 11) is -5.20. The standard InChI is InChI=1S/C57H69O16P/c1-13-49(58)65-31-25-40-19-22-43(37(7)8)55(46(40)28-34-68-52(61)16-4)71-74(64,72-56-44(38(9)10)23-20-41(26-32-66-50(59)14-2)47(56)29-35-69-53(62)17-5)73-57-45(39(11)12)24-21-42(27-33-67-51(60)15-3)48(57)30-36-70-54(63)18-6/h13-24,37-39H,1-6,25-36H2,7-12H3. The fourth-order valence-corrected chi connectivity index (χ4v) is 8.99. The van der Waals surface area contributed by atoms with Gasteiger partial charge in [0.1, 0.15) is 17.2 Å². The predicted octanol–water partition coefficient (Wildman–Crippen LogP) is 10.3. The minimum Gasteiger partial charge on any atom is -0.462 e. The Hall–Kier alpha value is -7.45. The molecule has 3 aromatic rings. The molecule has 0 radical (unpaired) electrons. The Kier molecular flexibility index (Phi) is 25.1. The summed E-state index contributed by atoms with van der Waals surface area (Å²) in [4.78, 5) is 73.8. The van der Waals surface area contributed by atoms with Crippen LogP contribution in [0.25, 0.3) is 0 Å². The highest BCUT2D eigenvalue weighted by Crippen LogP contribution is 2.56. The van der Waals surface area contributed by atoms with Crippen molar-refractivity contribution in [1.82, 2.24) is 0 Å². The van der Waals surface area contributed by atoms with E-state index in [4.69, 9.17) is 42.0 Å². The van der Waals surface area contributed by atoms with Crippen LogP contribution >= 0.6 is 7.82 Å². The van der Waals surface area contributed by atoms with Crippen LogP contribution in [-0.4, -0.2) is 75.5 Å². The van der Waals surface area contributed by atoms with Crippen LogP contribution in [0.3, 0.4) is 0 Å². The second-order valence-corrected chi connectivity index (χ2v) is 18.7. The minimum absolute atomic E-state index is 0.00632. The van der Waals surface area contributed by atoms with Crippen LogP contribution in [0.5, 0.6) is 17.2 Å². The Morgan fingerprint density at radius 1 is 0.378 bits per heavy atom. The van der Waals surface area contributed by atoms with Gasteiger partial charge in [-0.2, -0.15) is 4.57 Å². The van der Waals surface area contributed by atoms with Gasteiger partial charge in [0.15, 0.2) is 0 Å². The summed E-state index contributed by atoms with van der Waals surface area (Å²) in [5, 5.41) is 0. The molecule has 0 atom stereocenters. The van der Waals surface area contributed by atoms with Gasteiger partial charge < -0.3 is 42.0 Å². The van der Waals surface area contributed by atoms with Crippen molar-refractivity contribution in [3.05, 3.63) is 162 Å². The lowest BCUT2D eigenvalue weighted by molar-refractivity contribution is -0.138. The molecule has 0 spiro atoms. The van der Waals surface area contributed by atoms with Crippen molar-refractivity contribution in [2.24, 2.45) is 0 Å². The third kappa shape index (κ3) is 18.5. The quantitative estimate of drug-likeness (QED) is 0.0241. The van der Waals surface area contributed by atoms with Gasteiger partial charge in [-0.25, -0.2) is 28.8 Å². The predicted molar refractivity (Wildman–Crippen MR) is 280 cm³/mol. The molecule has 0 fully saturated rings. The molecule has 74 heavy (non-hydrogen) atoms. The molecule has 0 aromatic heterocycles. The maximum absolute atomic E-state index is 16.7. The van der Waals surface area contributed by atoms with Crippen molar-refractivity contribution in [2.45, 2.75) is 97.8 Å². The number of hydrogen-bond acceptors (Lipinski definition) is 16. The van der Waals surface area contributed by atoms with E-state index in [0.29, 0.717) is 50.1 Å². The summed E-state index contributed by atoms with van der Waals surface area (Å²) in [6, 6.07) is 10.8. The Morgan fingerprint density at radius 2 is 0.581 bits per heavy atom. The van der Waals surface area contributed by atoms with Gasteiger partial charge in [-0.05, 0) is 51.1 Å². The summed E-state index contributed by atoms with van der Waals surface area (Å²) in [5.74, 6) is -4.74. The van der Waals surface area contributed by atoms with E-state index in [1.807, 2.05) is 59.7 Å². The normalized spacial score (nSPS) is 10.9. The van der Waals surface area contributed by atoms with Crippen LogP contribution in [0.1, 0.15) is 109 Å². The van der Waals surface area contributed by atoms with E-state index in [1.54, 1.807) is 18.2 Å². The van der Waals surface area contributed by atoms with Gasteiger partial charge in [0.2, 0.25) is 0 Å². The summed E-state index contributed by atoms with van der Waals surface area (Å²) < 4.78 is 70.0. The summed E-state index contributed by atoms with van der Waals surface area (Å²) in [5.41, 5.74) is 4.65. The summed E-state index contributed by atoms with van der Waals surface area (Å²) in [6.45, 7) is 31.5.